The lowest BCUT2D eigenvalue weighted by atomic mass is 10.2. The van der Waals surface area contributed by atoms with Crippen LogP contribution in [0.3, 0.4) is 0 Å². The van der Waals surface area contributed by atoms with Gasteiger partial charge in [0.15, 0.2) is 15.5 Å². The van der Waals surface area contributed by atoms with Gasteiger partial charge in [-0.25, -0.2) is 9.97 Å². The highest BCUT2D eigenvalue weighted by Gasteiger charge is 2.33. The van der Waals surface area contributed by atoms with Crippen molar-refractivity contribution in [2.24, 2.45) is 0 Å². The van der Waals surface area contributed by atoms with E-state index in [2.05, 4.69) is 15.3 Å². The van der Waals surface area contributed by atoms with E-state index in [-0.39, 0.29) is 23.6 Å². The highest BCUT2D eigenvalue weighted by Crippen LogP contribution is 2.32. The third-order valence-electron chi connectivity index (χ3n) is 5.26. The molecule has 0 aliphatic carbocycles. The number of fused-ring (bicyclic) bond motifs is 1. The Kier molecular flexibility index (Phi) is 5.36. The van der Waals surface area contributed by atoms with E-state index in [0.717, 1.165) is 24.9 Å². The van der Waals surface area contributed by atoms with Crippen molar-refractivity contribution in [3.8, 4) is 0 Å². The van der Waals surface area contributed by atoms with Crippen LogP contribution < -0.4 is 15.8 Å². The highest BCUT2D eigenvalue weighted by atomic mass is 32.1. The molecule has 1 saturated heterocycles. The predicted octanol–water partition coefficient (Wildman–Crippen LogP) is 3.03. The molecule has 1 aliphatic heterocycles. The molecule has 2 aromatic heterocycles. The van der Waals surface area contributed by atoms with Crippen LogP contribution >= 0.6 is 11.3 Å². The molecule has 4 rings (SSSR count). The molecule has 0 spiro atoms. The smallest absolute Gasteiger partial charge is 0.281 e. The number of aryl methyl sites for hydroxylation is 1. The van der Waals surface area contributed by atoms with Crippen LogP contribution in [0.2, 0.25) is 0 Å². The van der Waals surface area contributed by atoms with Gasteiger partial charge in [-0.1, -0.05) is 41.7 Å². The molecule has 1 atom stereocenters. The Balaban J connectivity index is 1.58. The van der Waals surface area contributed by atoms with Crippen molar-refractivity contribution in [1.29, 1.82) is 0 Å². The first-order chi connectivity index (χ1) is 14.0. The highest BCUT2D eigenvalue weighted by molar-refractivity contribution is 7.21. The molecule has 1 aliphatic rings. The fraction of sp³-hybridized carbons (Fsp3) is 0.429. The third-order valence-corrected chi connectivity index (χ3v) is 6.24. The van der Waals surface area contributed by atoms with Gasteiger partial charge in [0, 0.05) is 19.1 Å². The van der Waals surface area contributed by atoms with Crippen LogP contribution in [0.25, 0.3) is 10.3 Å². The van der Waals surface area contributed by atoms with E-state index in [9.17, 15) is 9.59 Å². The van der Waals surface area contributed by atoms with Crippen LogP contribution in [0, 0.1) is 6.92 Å². The minimum absolute atomic E-state index is 0.00524. The average Bonchev–Trinajstić information content (AvgIpc) is 3.33. The standard InChI is InChI=1S/C21H25N5O2S/c1-13(2)26-14(3)23-19-17(20(26)28)24-21(29-19)25-11-7-10-16(25)18(27)22-12-15-8-5-4-6-9-15/h4-6,8-9,13,16H,7,10-12H2,1-3H3,(H,22,27)/t16-/m1/s1. The molecule has 29 heavy (non-hydrogen) atoms. The van der Waals surface area contributed by atoms with Crippen LogP contribution in [0.5, 0.6) is 0 Å². The number of hydrogen-bond donors (Lipinski definition) is 1. The van der Waals surface area contributed by atoms with E-state index in [1.807, 2.05) is 56.0 Å². The maximum Gasteiger partial charge on any atom is 0.281 e. The number of benzene rings is 1. The summed E-state index contributed by atoms with van der Waals surface area (Å²) in [5.74, 6) is 0.681. The van der Waals surface area contributed by atoms with Gasteiger partial charge in [-0.3, -0.25) is 14.2 Å². The number of carbonyl (C=O) groups excluding carboxylic acids is 1. The van der Waals surface area contributed by atoms with Crippen molar-refractivity contribution in [1.82, 2.24) is 19.9 Å². The van der Waals surface area contributed by atoms with Gasteiger partial charge in [-0.05, 0) is 39.2 Å². The molecular formula is C21H25N5O2S. The van der Waals surface area contributed by atoms with Gasteiger partial charge in [0.05, 0.1) is 0 Å². The van der Waals surface area contributed by atoms with Gasteiger partial charge < -0.3 is 10.2 Å². The zero-order valence-corrected chi connectivity index (χ0v) is 17.7. The Bertz CT molecular complexity index is 1090. The number of carbonyl (C=O) groups is 1. The number of aromatic nitrogens is 3. The number of amides is 1. The summed E-state index contributed by atoms with van der Waals surface area (Å²) in [6, 6.07) is 9.62. The van der Waals surface area contributed by atoms with E-state index in [1.54, 1.807) is 4.57 Å². The quantitative estimate of drug-likeness (QED) is 0.698. The number of nitrogens with zero attached hydrogens (tertiary/aromatic N) is 4. The Morgan fingerprint density at radius 3 is 2.76 bits per heavy atom. The average molecular weight is 412 g/mol. The monoisotopic (exact) mass is 411 g/mol. The van der Waals surface area contributed by atoms with E-state index in [4.69, 9.17) is 0 Å². The first-order valence-electron chi connectivity index (χ1n) is 9.93. The van der Waals surface area contributed by atoms with Crippen LogP contribution in [0.1, 0.15) is 44.1 Å². The van der Waals surface area contributed by atoms with Crippen LogP contribution in [0.15, 0.2) is 35.1 Å². The van der Waals surface area contributed by atoms with Crippen LogP contribution in [-0.4, -0.2) is 33.0 Å². The molecule has 1 aromatic carbocycles. The predicted molar refractivity (Wildman–Crippen MR) is 115 cm³/mol. The number of anilines is 1. The summed E-state index contributed by atoms with van der Waals surface area (Å²) >= 11 is 1.39. The molecule has 7 nitrogen and oxygen atoms in total. The zero-order chi connectivity index (χ0) is 20.5. The summed E-state index contributed by atoms with van der Waals surface area (Å²) in [6.07, 6.45) is 1.70. The molecule has 0 saturated carbocycles. The summed E-state index contributed by atoms with van der Waals surface area (Å²) < 4.78 is 1.67. The van der Waals surface area contributed by atoms with Gasteiger partial charge in [-0.15, -0.1) is 0 Å². The topological polar surface area (TPSA) is 80.1 Å². The van der Waals surface area contributed by atoms with Crippen LogP contribution in [0.4, 0.5) is 5.13 Å². The summed E-state index contributed by atoms with van der Waals surface area (Å²) in [4.78, 5) is 37.5. The lowest BCUT2D eigenvalue weighted by Gasteiger charge is -2.23. The van der Waals surface area contributed by atoms with Gasteiger partial charge in [0.2, 0.25) is 5.91 Å². The molecule has 0 bridgehead atoms. The maximum atomic E-state index is 12.9. The minimum Gasteiger partial charge on any atom is -0.350 e. The van der Waals surface area contributed by atoms with Crippen molar-refractivity contribution in [3.05, 3.63) is 52.1 Å². The fourth-order valence-corrected chi connectivity index (χ4v) is 4.93. The van der Waals surface area contributed by atoms with Crippen molar-refractivity contribution in [2.75, 3.05) is 11.4 Å². The first-order valence-corrected chi connectivity index (χ1v) is 10.8. The number of hydrogen-bond acceptors (Lipinski definition) is 6. The largest absolute Gasteiger partial charge is 0.350 e. The normalized spacial score (nSPS) is 16.7. The molecule has 3 heterocycles. The summed E-state index contributed by atoms with van der Waals surface area (Å²) in [6.45, 7) is 7.02. The van der Waals surface area contributed by atoms with E-state index < -0.39 is 0 Å². The van der Waals surface area contributed by atoms with E-state index in [1.165, 1.54) is 11.3 Å². The van der Waals surface area contributed by atoms with Crippen molar-refractivity contribution < 1.29 is 4.79 Å². The molecule has 8 heteroatoms. The van der Waals surface area contributed by atoms with Crippen molar-refractivity contribution in [2.45, 2.75) is 52.2 Å². The SMILES string of the molecule is Cc1nc2sc(N3CCC[C@@H]3C(=O)NCc3ccccc3)nc2c(=O)n1C(C)C. The molecule has 1 fully saturated rings. The van der Waals surface area contributed by atoms with E-state index >= 15 is 0 Å². The lowest BCUT2D eigenvalue weighted by Crippen LogP contribution is -2.43. The lowest BCUT2D eigenvalue weighted by molar-refractivity contribution is -0.122. The van der Waals surface area contributed by atoms with Crippen LogP contribution in [-0.2, 0) is 11.3 Å². The Labute approximate surface area is 173 Å². The molecule has 3 aromatic rings. The van der Waals surface area contributed by atoms with Crippen molar-refractivity contribution in [3.63, 3.8) is 0 Å². The Morgan fingerprint density at radius 1 is 1.28 bits per heavy atom. The fourth-order valence-electron chi connectivity index (χ4n) is 3.88. The molecule has 1 N–H and O–H groups in total. The molecule has 0 unspecified atom stereocenters. The minimum atomic E-state index is -0.271. The second-order valence-electron chi connectivity index (χ2n) is 7.63. The third kappa shape index (κ3) is 3.76. The molecule has 0 radical (unpaired) electrons. The second-order valence-corrected chi connectivity index (χ2v) is 8.59. The van der Waals surface area contributed by atoms with E-state index in [0.29, 0.717) is 27.8 Å². The Morgan fingerprint density at radius 2 is 2.03 bits per heavy atom. The second kappa shape index (κ2) is 7.94. The zero-order valence-electron chi connectivity index (χ0n) is 16.9. The van der Waals surface area contributed by atoms with Gasteiger partial charge >= 0.3 is 0 Å². The molecular weight excluding hydrogens is 386 g/mol. The van der Waals surface area contributed by atoms with Crippen molar-refractivity contribution >= 4 is 32.7 Å². The maximum absolute atomic E-state index is 12.9. The number of thiazole rings is 1. The summed E-state index contributed by atoms with van der Waals surface area (Å²) in [5.41, 5.74) is 1.34. The Hall–Kier alpha value is -2.74. The van der Waals surface area contributed by atoms with Gasteiger partial charge in [-0.2, -0.15) is 0 Å². The van der Waals surface area contributed by atoms with Gasteiger partial charge in [0.25, 0.3) is 5.56 Å². The summed E-state index contributed by atoms with van der Waals surface area (Å²) in [7, 11) is 0. The number of nitrogens with one attached hydrogen (secondary N) is 1. The molecule has 152 valence electrons. The molecule has 1 amide bonds. The first kappa shape index (κ1) is 19.6. The number of rotatable bonds is 5. The summed E-state index contributed by atoms with van der Waals surface area (Å²) in [5, 5.41) is 3.73. The van der Waals surface area contributed by atoms with Gasteiger partial charge in [0.1, 0.15) is 11.9 Å².